The summed E-state index contributed by atoms with van der Waals surface area (Å²) in [6, 6.07) is 12.4. The molecule has 1 aromatic carbocycles. The third-order valence-corrected chi connectivity index (χ3v) is 4.97. The molecule has 0 unspecified atom stereocenters. The minimum atomic E-state index is 0.739. The van der Waals surface area contributed by atoms with Gasteiger partial charge in [0.25, 0.3) is 0 Å². The lowest BCUT2D eigenvalue weighted by Gasteiger charge is -2.37. The maximum Gasteiger partial charge on any atom is 0.194 e. The van der Waals surface area contributed by atoms with Gasteiger partial charge in [0.2, 0.25) is 0 Å². The van der Waals surface area contributed by atoms with Crippen LogP contribution in [0.4, 0.5) is 5.82 Å². The van der Waals surface area contributed by atoms with Gasteiger partial charge in [-0.1, -0.05) is 23.8 Å². The number of benzene rings is 1. The van der Waals surface area contributed by atoms with Crippen molar-refractivity contribution < 1.29 is 4.74 Å². The predicted molar refractivity (Wildman–Crippen MR) is 115 cm³/mol. The molecule has 1 saturated heterocycles. The number of guanidine groups is 1. The van der Waals surface area contributed by atoms with Crippen molar-refractivity contribution in [2.75, 3.05) is 51.3 Å². The van der Waals surface area contributed by atoms with Gasteiger partial charge < -0.3 is 19.9 Å². The summed E-state index contributed by atoms with van der Waals surface area (Å²) < 4.78 is 5.49. The number of hydrogen-bond donors (Lipinski definition) is 1. The number of anilines is 1. The van der Waals surface area contributed by atoms with Gasteiger partial charge in [-0.2, -0.15) is 0 Å². The quantitative estimate of drug-likeness (QED) is 0.616. The zero-order valence-corrected chi connectivity index (χ0v) is 17.2. The standard InChI is InChI=1S/C22H31N5O/c1-4-23-22(25-12-10-19-17-18(2)8-9-20(19)28-3)27-15-13-26(14-16-27)21-7-5-6-11-24-21/h5-9,11,17H,4,10,12-16H2,1-3H3,(H,23,25). The Morgan fingerprint density at radius 2 is 2.00 bits per heavy atom. The van der Waals surface area contributed by atoms with E-state index in [1.54, 1.807) is 7.11 Å². The first kappa shape index (κ1) is 20.0. The SMILES string of the molecule is CCNC(=NCCc1cc(C)ccc1OC)N1CCN(c2ccccn2)CC1. The van der Waals surface area contributed by atoms with Crippen molar-refractivity contribution in [1.29, 1.82) is 0 Å². The molecule has 1 fully saturated rings. The average molecular weight is 382 g/mol. The lowest BCUT2D eigenvalue weighted by atomic mass is 10.1. The van der Waals surface area contributed by atoms with Crippen LogP contribution in [0.15, 0.2) is 47.6 Å². The van der Waals surface area contributed by atoms with Crippen molar-refractivity contribution in [3.05, 3.63) is 53.7 Å². The van der Waals surface area contributed by atoms with Crippen LogP contribution in [0.5, 0.6) is 5.75 Å². The van der Waals surface area contributed by atoms with E-state index < -0.39 is 0 Å². The molecule has 1 N–H and O–H groups in total. The lowest BCUT2D eigenvalue weighted by Crippen LogP contribution is -2.52. The number of rotatable bonds is 6. The van der Waals surface area contributed by atoms with E-state index >= 15 is 0 Å². The number of aliphatic imine (C=N–C) groups is 1. The highest BCUT2D eigenvalue weighted by molar-refractivity contribution is 5.80. The number of nitrogens with one attached hydrogen (secondary N) is 1. The summed E-state index contributed by atoms with van der Waals surface area (Å²) in [6.07, 6.45) is 2.72. The normalized spacial score (nSPS) is 14.9. The van der Waals surface area contributed by atoms with Gasteiger partial charge in [0.05, 0.1) is 7.11 Å². The Labute approximate surface area is 168 Å². The van der Waals surface area contributed by atoms with Crippen LogP contribution < -0.4 is 15.0 Å². The highest BCUT2D eigenvalue weighted by Crippen LogP contribution is 2.20. The number of methoxy groups -OCH3 is 1. The number of piperazine rings is 1. The maximum atomic E-state index is 5.49. The Bertz CT molecular complexity index is 770. The van der Waals surface area contributed by atoms with E-state index in [0.717, 1.165) is 63.2 Å². The lowest BCUT2D eigenvalue weighted by molar-refractivity contribution is 0.371. The molecule has 0 amide bonds. The molecule has 0 atom stereocenters. The summed E-state index contributed by atoms with van der Waals surface area (Å²) in [5.41, 5.74) is 2.46. The van der Waals surface area contributed by atoms with Gasteiger partial charge in [-0.25, -0.2) is 4.98 Å². The number of pyridine rings is 1. The van der Waals surface area contributed by atoms with E-state index in [0.29, 0.717) is 0 Å². The third-order valence-electron chi connectivity index (χ3n) is 4.97. The van der Waals surface area contributed by atoms with E-state index in [1.165, 1.54) is 11.1 Å². The van der Waals surface area contributed by atoms with Crippen molar-refractivity contribution in [3.8, 4) is 5.75 Å². The van der Waals surface area contributed by atoms with E-state index in [2.05, 4.69) is 52.1 Å². The minimum absolute atomic E-state index is 0.739. The Hall–Kier alpha value is -2.76. The summed E-state index contributed by atoms with van der Waals surface area (Å²) in [5.74, 6) is 2.99. The monoisotopic (exact) mass is 381 g/mol. The third kappa shape index (κ3) is 5.15. The smallest absolute Gasteiger partial charge is 0.194 e. The fourth-order valence-electron chi connectivity index (χ4n) is 3.50. The number of hydrogen-bond acceptors (Lipinski definition) is 4. The molecule has 0 bridgehead atoms. The minimum Gasteiger partial charge on any atom is -0.496 e. The molecule has 2 aromatic rings. The molecule has 6 heteroatoms. The summed E-state index contributed by atoms with van der Waals surface area (Å²) >= 11 is 0. The number of aromatic nitrogens is 1. The second kappa shape index (κ2) is 9.97. The van der Waals surface area contributed by atoms with Crippen molar-refractivity contribution in [2.24, 2.45) is 4.99 Å². The van der Waals surface area contributed by atoms with Crippen LogP contribution in [0.25, 0.3) is 0 Å². The molecule has 0 saturated carbocycles. The maximum absolute atomic E-state index is 5.49. The average Bonchev–Trinajstić information content (AvgIpc) is 2.74. The first-order valence-electron chi connectivity index (χ1n) is 10.0. The highest BCUT2D eigenvalue weighted by atomic mass is 16.5. The Morgan fingerprint density at radius 1 is 1.18 bits per heavy atom. The van der Waals surface area contributed by atoms with Crippen LogP contribution in [0.1, 0.15) is 18.1 Å². The summed E-state index contributed by atoms with van der Waals surface area (Å²) in [5, 5.41) is 3.44. The van der Waals surface area contributed by atoms with E-state index in [-0.39, 0.29) is 0 Å². The first-order chi connectivity index (χ1) is 13.7. The Kier molecular flexibility index (Phi) is 7.12. The molecule has 1 aromatic heterocycles. The fourth-order valence-corrected chi connectivity index (χ4v) is 3.50. The number of ether oxygens (including phenoxy) is 1. The summed E-state index contributed by atoms with van der Waals surface area (Å²) in [4.78, 5) is 14.0. The predicted octanol–water partition coefficient (Wildman–Crippen LogP) is 2.73. The molecule has 2 heterocycles. The second-order valence-electron chi connectivity index (χ2n) is 6.96. The topological polar surface area (TPSA) is 53.0 Å². The molecule has 1 aliphatic rings. The Morgan fingerprint density at radius 3 is 2.68 bits per heavy atom. The fraction of sp³-hybridized carbons (Fsp3) is 0.455. The molecule has 6 nitrogen and oxygen atoms in total. The summed E-state index contributed by atoms with van der Waals surface area (Å²) in [6.45, 7) is 9.61. The molecule has 0 radical (unpaired) electrons. The van der Waals surface area contributed by atoms with Gasteiger partial charge in [0.1, 0.15) is 11.6 Å². The zero-order chi connectivity index (χ0) is 19.8. The van der Waals surface area contributed by atoms with Gasteiger partial charge in [-0.3, -0.25) is 4.99 Å². The largest absolute Gasteiger partial charge is 0.496 e. The van der Waals surface area contributed by atoms with E-state index in [4.69, 9.17) is 9.73 Å². The molecular formula is C22H31N5O. The van der Waals surface area contributed by atoms with Crippen LogP contribution in [0.2, 0.25) is 0 Å². The van der Waals surface area contributed by atoms with Crippen LogP contribution in [-0.4, -0.2) is 62.2 Å². The highest BCUT2D eigenvalue weighted by Gasteiger charge is 2.20. The van der Waals surface area contributed by atoms with E-state index in [1.807, 2.05) is 24.4 Å². The van der Waals surface area contributed by atoms with Crippen LogP contribution in [-0.2, 0) is 6.42 Å². The van der Waals surface area contributed by atoms with Crippen molar-refractivity contribution in [2.45, 2.75) is 20.3 Å². The van der Waals surface area contributed by atoms with Gasteiger partial charge in [0, 0.05) is 45.5 Å². The van der Waals surface area contributed by atoms with Crippen molar-refractivity contribution in [3.63, 3.8) is 0 Å². The zero-order valence-electron chi connectivity index (χ0n) is 17.2. The van der Waals surface area contributed by atoms with Gasteiger partial charge in [0.15, 0.2) is 5.96 Å². The molecular weight excluding hydrogens is 350 g/mol. The Balaban J connectivity index is 1.60. The molecule has 3 rings (SSSR count). The van der Waals surface area contributed by atoms with Crippen LogP contribution >= 0.6 is 0 Å². The van der Waals surface area contributed by atoms with Crippen molar-refractivity contribution in [1.82, 2.24) is 15.2 Å². The number of nitrogens with zero attached hydrogens (tertiary/aromatic N) is 4. The van der Waals surface area contributed by atoms with Gasteiger partial charge >= 0.3 is 0 Å². The van der Waals surface area contributed by atoms with Crippen LogP contribution in [0.3, 0.4) is 0 Å². The molecule has 150 valence electrons. The molecule has 1 aliphatic heterocycles. The van der Waals surface area contributed by atoms with Crippen LogP contribution in [0, 0.1) is 6.92 Å². The molecule has 28 heavy (non-hydrogen) atoms. The second-order valence-corrected chi connectivity index (χ2v) is 6.96. The molecule has 0 spiro atoms. The number of aryl methyl sites for hydroxylation is 1. The molecule has 0 aliphatic carbocycles. The van der Waals surface area contributed by atoms with Gasteiger partial charge in [-0.05, 0) is 44.0 Å². The van der Waals surface area contributed by atoms with E-state index in [9.17, 15) is 0 Å². The summed E-state index contributed by atoms with van der Waals surface area (Å²) in [7, 11) is 1.72. The first-order valence-corrected chi connectivity index (χ1v) is 10.0. The van der Waals surface area contributed by atoms with Crippen molar-refractivity contribution >= 4 is 11.8 Å². The van der Waals surface area contributed by atoms with Gasteiger partial charge in [-0.15, -0.1) is 0 Å².